The van der Waals surface area contributed by atoms with E-state index in [1.54, 1.807) is 18.2 Å². The van der Waals surface area contributed by atoms with Crippen LogP contribution < -0.4 is 11.3 Å². The Morgan fingerprint density at radius 3 is 2.79 bits per heavy atom. The molecule has 0 radical (unpaired) electrons. The van der Waals surface area contributed by atoms with Crippen molar-refractivity contribution in [2.75, 3.05) is 6.61 Å². The van der Waals surface area contributed by atoms with Crippen LogP contribution in [0.15, 0.2) is 28.7 Å². The Bertz CT molecular complexity index is 566. The summed E-state index contributed by atoms with van der Waals surface area (Å²) in [6, 6.07) is 6.24. The molecule has 1 heterocycles. The second kappa shape index (κ2) is 5.28. The van der Waals surface area contributed by atoms with Gasteiger partial charge in [0.1, 0.15) is 11.8 Å². The first-order valence-electron chi connectivity index (χ1n) is 6.27. The van der Waals surface area contributed by atoms with Gasteiger partial charge in [-0.1, -0.05) is 12.1 Å². The summed E-state index contributed by atoms with van der Waals surface area (Å²) in [7, 11) is 0. The van der Waals surface area contributed by atoms with Gasteiger partial charge < -0.3 is 9.15 Å². The first-order valence-corrected chi connectivity index (χ1v) is 6.27. The van der Waals surface area contributed by atoms with Crippen LogP contribution in [0.3, 0.4) is 0 Å². The molecule has 0 aliphatic carbocycles. The van der Waals surface area contributed by atoms with Crippen molar-refractivity contribution in [1.29, 1.82) is 0 Å². The van der Waals surface area contributed by atoms with Gasteiger partial charge >= 0.3 is 0 Å². The van der Waals surface area contributed by atoms with E-state index < -0.39 is 5.60 Å². The monoisotopic (exact) mass is 266 g/mol. The van der Waals surface area contributed by atoms with Crippen molar-refractivity contribution in [2.45, 2.75) is 32.4 Å². The van der Waals surface area contributed by atoms with Gasteiger partial charge in [-0.3, -0.25) is 5.84 Å². The molecule has 104 valence electrons. The molecule has 0 aliphatic rings. The predicted octanol–water partition coefficient (Wildman–Crippen LogP) is 2.89. The number of nitrogens with two attached hydrogens (primary N) is 1. The second-order valence-corrected chi connectivity index (χ2v) is 4.94. The van der Waals surface area contributed by atoms with Gasteiger partial charge in [-0.05, 0) is 32.9 Å². The maximum atomic E-state index is 13.6. The molecule has 1 aromatic carbocycles. The van der Waals surface area contributed by atoms with Gasteiger partial charge in [0.2, 0.25) is 0 Å². The minimum atomic E-state index is -0.562. The zero-order valence-corrected chi connectivity index (χ0v) is 11.4. The van der Waals surface area contributed by atoms with Crippen LogP contribution in [0.2, 0.25) is 0 Å². The van der Waals surface area contributed by atoms with Crippen LogP contribution in [-0.2, 0) is 4.74 Å². The molecule has 2 aromatic rings. The van der Waals surface area contributed by atoms with Gasteiger partial charge in [0, 0.05) is 12.0 Å². The smallest absolute Gasteiger partial charge is 0.169 e. The molecule has 5 heteroatoms. The van der Waals surface area contributed by atoms with Crippen LogP contribution in [0.25, 0.3) is 11.0 Å². The Kier molecular flexibility index (Phi) is 3.89. The number of halogens is 1. The largest absolute Gasteiger partial charge is 0.456 e. The van der Waals surface area contributed by atoms with Gasteiger partial charge in [0.15, 0.2) is 11.4 Å². The molecule has 3 N–H and O–H groups in total. The first kappa shape index (κ1) is 14.0. The maximum absolute atomic E-state index is 13.6. The van der Waals surface area contributed by atoms with Crippen LogP contribution in [0.4, 0.5) is 4.39 Å². The number of para-hydroxylation sites is 1. The van der Waals surface area contributed by atoms with Gasteiger partial charge in [0.05, 0.1) is 5.60 Å². The number of benzene rings is 1. The standard InChI is InChI=1S/C14H19FN2O2/c1-4-18-14(2,3)13(17-16)11-8-9-6-5-7-10(15)12(9)19-11/h5-8,13,17H,4,16H2,1-3H3. The first-order chi connectivity index (χ1) is 8.99. The van der Waals surface area contributed by atoms with E-state index in [1.807, 2.05) is 20.8 Å². The lowest BCUT2D eigenvalue weighted by atomic mass is 9.96. The minimum absolute atomic E-state index is 0.241. The number of nitrogens with one attached hydrogen (secondary N) is 1. The highest BCUT2D eigenvalue weighted by Crippen LogP contribution is 2.33. The molecule has 0 aliphatic heterocycles. The molecular formula is C14H19FN2O2. The van der Waals surface area contributed by atoms with E-state index in [-0.39, 0.29) is 17.4 Å². The Labute approximate surface area is 111 Å². The lowest BCUT2D eigenvalue weighted by molar-refractivity contribution is -0.0437. The Morgan fingerprint density at radius 1 is 1.47 bits per heavy atom. The van der Waals surface area contributed by atoms with Crippen LogP contribution in [0.1, 0.15) is 32.6 Å². The van der Waals surface area contributed by atoms with E-state index in [4.69, 9.17) is 15.0 Å². The number of furan rings is 1. The average molecular weight is 266 g/mol. The Hall–Kier alpha value is -1.43. The zero-order chi connectivity index (χ0) is 14.0. The molecule has 0 saturated carbocycles. The summed E-state index contributed by atoms with van der Waals surface area (Å²) in [6.07, 6.45) is 0. The molecule has 0 fully saturated rings. The zero-order valence-electron chi connectivity index (χ0n) is 11.4. The molecule has 0 spiro atoms. The fraction of sp³-hybridized carbons (Fsp3) is 0.429. The van der Waals surface area contributed by atoms with E-state index >= 15 is 0 Å². The molecule has 0 amide bonds. The summed E-state index contributed by atoms with van der Waals surface area (Å²) < 4.78 is 24.9. The van der Waals surface area contributed by atoms with E-state index in [0.29, 0.717) is 17.8 Å². The summed E-state index contributed by atoms with van der Waals surface area (Å²) in [5.41, 5.74) is 2.36. The Morgan fingerprint density at radius 2 is 2.21 bits per heavy atom. The molecule has 1 atom stereocenters. The fourth-order valence-electron chi connectivity index (χ4n) is 2.27. The van der Waals surface area contributed by atoms with Gasteiger partial charge in [0.25, 0.3) is 0 Å². The van der Waals surface area contributed by atoms with Crippen molar-refractivity contribution < 1.29 is 13.5 Å². The summed E-state index contributed by atoms with van der Waals surface area (Å²) in [4.78, 5) is 0. The third-order valence-electron chi connectivity index (χ3n) is 3.18. The van der Waals surface area contributed by atoms with E-state index in [0.717, 1.165) is 0 Å². The van der Waals surface area contributed by atoms with Crippen LogP contribution in [0, 0.1) is 5.82 Å². The summed E-state index contributed by atoms with van der Waals surface area (Å²) in [5.74, 6) is 5.77. The van der Waals surface area contributed by atoms with Crippen LogP contribution in [-0.4, -0.2) is 12.2 Å². The summed E-state index contributed by atoms with van der Waals surface area (Å²) in [5, 5.41) is 0.711. The number of rotatable bonds is 5. The van der Waals surface area contributed by atoms with Crippen molar-refractivity contribution in [3.8, 4) is 0 Å². The van der Waals surface area contributed by atoms with Crippen LogP contribution >= 0.6 is 0 Å². The molecule has 2 rings (SSSR count). The van der Waals surface area contributed by atoms with E-state index in [9.17, 15) is 4.39 Å². The number of hydrogen-bond acceptors (Lipinski definition) is 4. The quantitative estimate of drug-likeness (QED) is 0.645. The maximum Gasteiger partial charge on any atom is 0.169 e. The number of ether oxygens (including phenoxy) is 1. The number of hydrazine groups is 1. The molecular weight excluding hydrogens is 247 g/mol. The van der Waals surface area contributed by atoms with Crippen molar-refractivity contribution >= 4 is 11.0 Å². The third-order valence-corrected chi connectivity index (χ3v) is 3.18. The Balaban J connectivity index is 2.44. The highest BCUT2D eigenvalue weighted by molar-refractivity contribution is 5.78. The third kappa shape index (κ3) is 2.63. The molecule has 4 nitrogen and oxygen atoms in total. The SMILES string of the molecule is CCOC(C)(C)C(NN)c1cc2cccc(F)c2o1. The molecule has 19 heavy (non-hydrogen) atoms. The number of hydrogen-bond donors (Lipinski definition) is 2. The normalized spacial score (nSPS) is 13.9. The van der Waals surface area contributed by atoms with E-state index in [2.05, 4.69) is 5.43 Å². The van der Waals surface area contributed by atoms with E-state index in [1.165, 1.54) is 6.07 Å². The molecule has 1 aromatic heterocycles. The average Bonchev–Trinajstić information content (AvgIpc) is 2.74. The van der Waals surface area contributed by atoms with Crippen molar-refractivity contribution in [3.05, 3.63) is 35.8 Å². The van der Waals surface area contributed by atoms with Crippen molar-refractivity contribution in [1.82, 2.24) is 5.43 Å². The predicted molar refractivity (Wildman–Crippen MR) is 71.9 cm³/mol. The molecule has 0 bridgehead atoms. The highest BCUT2D eigenvalue weighted by Gasteiger charge is 2.33. The van der Waals surface area contributed by atoms with Gasteiger partial charge in [-0.2, -0.15) is 0 Å². The van der Waals surface area contributed by atoms with Gasteiger partial charge in [-0.15, -0.1) is 0 Å². The summed E-state index contributed by atoms with van der Waals surface area (Å²) in [6.45, 7) is 6.28. The fourth-order valence-corrected chi connectivity index (χ4v) is 2.27. The summed E-state index contributed by atoms with van der Waals surface area (Å²) >= 11 is 0. The molecule has 1 unspecified atom stereocenters. The van der Waals surface area contributed by atoms with Crippen molar-refractivity contribution in [3.63, 3.8) is 0 Å². The molecule has 0 saturated heterocycles. The lowest BCUT2D eigenvalue weighted by Crippen LogP contribution is -2.44. The topological polar surface area (TPSA) is 60.4 Å². The number of fused-ring (bicyclic) bond motifs is 1. The highest BCUT2D eigenvalue weighted by atomic mass is 19.1. The second-order valence-electron chi connectivity index (χ2n) is 4.94. The van der Waals surface area contributed by atoms with Crippen molar-refractivity contribution in [2.24, 2.45) is 5.84 Å². The lowest BCUT2D eigenvalue weighted by Gasteiger charge is -2.32. The minimum Gasteiger partial charge on any atom is -0.456 e. The van der Waals surface area contributed by atoms with Gasteiger partial charge in [-0.25, -0.2) is 9.82 Å². The van der Waals surface area contributed by atoms with Crippen LogP contribution in [0.5, 0.6) is 0 Å².